The van der Waals surface area contributed by atoms with E-state index in [1.165, 1.54) is 5.01 Å². The highest BCUT2D eigenvalue weighted by molar-refractivity contribution is 6.45. The van der Waals surface area contributed by atoms with Crippen molar-refractivity contribution in [1.29, 1.82) is 0 Å². The van der Waals surface area contributed by atoms with Crippen molar-refractivity contribution in [2.75, 3.05) is 13.1 Å². The van der Waals surface area contributed by atoms with Gasteiger partial charge in [0.2, 0.25) is 0 Å². The highest BCUT2D eigenvalue weighted by Gasteiger charge is 2.48. The van der Waals surface area contributed by atoms with Crippen LogP contribution in [0.15, 0.2) is 71.3 Å². The average molecular weight is 499 g/mol. The lowest BCUT2D eigenvalue weighted by Gasteiger charge is -2.30. The van der Waals surface area contributed by atoms with Crippen molar-refractivity contribution in [1.82, 2.24) is 14.8 Å². The van der Waals surface area contributed by atoms with Crippen LogP contribution in [0.4, 0.5) is 4.79 Å². The summed E-state index contributed by atoms with van der Waals surface area (Å²) in [6.45, 7) is 3.31. The molecule has 0 unspecified atom stereocenters. The third-order valence-electron chi connectivity index (χ3n) is 7.01. The number of hydrogen-bond donors (Lipinski definition) is 0. The van der Waals surface area contributed by atoms with E-state index in [0.29, 0.717) is 0 Å². The summed E-state index contributed by atoms with van der Waals surface area (Å²) >= 11 is 0. The van der Waals surface area contributed by atoms with Gasteiger partial charge in [-0.25, -0.2) is 14.7 Å². The normalized spacial score (nSPS) is 22.8. The van der Waals surface area contributed by atoms with E-state index >= 15 is 0 Å². The Labute approximate surface area is 216 Å². The number of urea groups is 1. The van der Waals surface area contributed by atoms with Gasteiger partial charge in [0.25, 0.3) is 5.91 Å². The van der Waals surface area contributed by atoms with Crippen LogP contribution in [0.5, 0.6) is 0 Å². The number of hydrazone groups is 1. The summed E-state index contributed by atoms with van der Waals surface area (Å²) in [5.74, 6) is -2.35. The fraction of sp³-hybridized carbons (Fsp3) is 0.345. The van der Waals surface area contributed by atoms with Gasteiger partial charge in [-0.05, 0) is 48.0 Å². The number of carbonyl (C=O) groups excluding carboxylic acids is 4. The Hall–Kier alpha value is -4.07. The van der Waals surface area contributed by atoms with Crippen LogP contribution in [-0.4, -0.2) is 57.4 Å². The van der Waals surface area contributed by atoms with Gasteiger partial charge in [0, 0.05) is 12.5 Å². The zero-order chi connectivity index (χ0) is 26.1. The Kier molecular flexibility index (Phi) is 6.74. The topological polar surface area (TPSA) is 90.4 Å². The van der Waals surface area contributed by atoms with E-state index in [1.807, 2.05) is 74.5 Å². The minimum absolute atomic E-state index is 0.000820. The lowest BCUT2D eigenvalue weighted by atomic mass is 9.77. The Morgan fingerprint density at radius 3 is 2.30 bits per heavy atom. The predicted octanol–water partition coefficient (Wildman–Crippen LogP) is 4.26. The molecule has 0 N–H and O–H groups in total. The molecule has 190 valence electrons. The van der Waals surface area contributed by atoms with E-state index in [4.69, 9.17) is 5.10 Å². The molecule has 2 aromatic carbocycles. The van der Waals surface area contributed by atoms with Gasteiger partial charge in [-0.15, -0.1) is 0 Å². The smallest absolute Gasteiger partial charge is 0.271 e. The number of benzene rings is 2. The van der Waals surface area contributed by atoms with Crippen molar-refractivity contribution < 1.29 is 19.2 Å². The maximum absolute atomic E-state index is 13.6. The molecule has 0 aromatic heterocycles. The molecule has 2 aliphatic heterocycles. The van der Waals surface area contributed by atoms with E-state index in [2.05, 4.69) is 6.08 Å². The number of imide groups is 2. The number of fused-ring (bicyclic) bond motifs is 1. The van der Waals surface area contributed by atoms with Crippen molar-refractivity contribution in [3.63, 3.8) is 0 Å². The summed E-state index contributed by atoms with van der Waals surface area (Å²) in [6, 6.07) is 18.6. The van der Waals surface area contributed by atoms with Crippen LogP contribution < -0.4 is 0 Å². The van der Waals surface area contributed by atoms with Crippen LogP contribution in [0, 0.1) is 11.8 Å². The summed E-state index contributed by atoms with van der Waals surface area (Å²) in [7, 11) is 0. The Morgan fingerprint density at radius 2 is 1.62 bits per heavy atom. The summed E-state index contributed by atoms with van der Waals surface area (Å²) in [4.78, 5) is 53.2. The van der Waals surface area contributed by atoms with Crippen LogP contribution >= 0.6 is 0 Å². The Bertz CT molecular complexity index is 1290. The highest BCUT2D eigenvalue weighted by Crippen LogP contribution is 2.44. The lowest BCUT2D eigenvalue weighted by Crippen LogP contribution is -2.43. The molecule has 1 saturated carbocycles. The largest absolute Gasteiger partial charge is 0.334 e. The molecular formula is C29H30N4O4. The fourth-order valence-corrected chi connectivity index (χ4v) is 5.36. The van der Waals surface area contributed by atoms with Crippen molar-refractivity contribution in [3.05, 3.63) is 77.4 Å². The molecule has 0 radical (unpaired) electrons. The average Bonchev–Trinajstić information content (AvgIpc) is 3.38. The second-order valence-electron chi connectivity index (χ2n) is 10.1. The van der Waals surface area contributed by atoms with Crippen LogP contribution in [0.3, 0.4) is 0 Å². The molecule has 5 amide bonds. The molecule has 5 rings (SSSR count). The first-order chi connectivity index (χ1) is 17.8. The molecule has 1 aliphatic carbocycles. The predicted molar refractivity (Wildman–Crippen MR) is 139 cm³/mol. The number of allylic oxidation sites excluding steroid dienone is 1. The first kappa shape index (κ1) is 24.6. The van der Waals surface area contributed by atoms with Gasteiger partial charge in [-0.3, -0.25) is 19.3 Å². The van der Waals surface area contributed by atoms with Gasteiger partial charge >= 0.3 is 17.8 Å². The number of carbonyl (C=O) groups is 4. The van der Waals surface area contributed by atoms with E-state index in [1.54, 1.807) is 0 Å². The molecule has 2 fully saturated rings. The maximum Gasteiger partial charge on any atom is 0.334 e. The zero-order valence-corrected chi connectivity index (χ0v) is 21.0. The van der Waals surface area contributed by atoms with Crippen molar-refractivity contribution in [2.24, 2.45) is 16.9 Å². The summed E-state index contributed by atoms with van der Waals surface area (Å²) in [5, 5.41) is 6.23. The molecule has 2 heterocycles. The number of rotatable bonds is 6. The molecule has 2 aromatic rings. The van der Waals surface area contributed by atoms with E-state index in [0.717, 1.165) is 51.5 Å². The molecule has 3 aliphatic rings. The molecule has 8 heteroatoms. The summed E-state index contributed by atoms with van der Waals surface area (Å²) in [5.41, 5.74) is 3.97. The van der Waals surface area contributed by atoms with Crippen LogP contribution in [0.2, 0.25) is 0 Å². The molecule has 2 atom stereocenters. The lowest BCUT2D eigenvalue weighted by molar-refractivity contribution is -0.145. The second kappa shape index (κ2) is 10.1. The molecule has 37 heavy (non-hydrogen) atoms. The monoisotopic (exact) mass is 498 g/mol. The Balaban J connectivity index is 1.47. The second-order valence-corrected chi connectivity index (χ2v) is 10.1. The van der Waals surface area contributed by atoms with Gasteiger partial charge < -0.3 is 0 Å². The zero-order valence-electron chi connectivity index (χ0n) is 21.0. The molecule has 0 bridgehead atoms. The standard InChI is InChI=1S/C29H30N4O4/c1-19(2)17-31-27(35)28(36)32(29(31)37)18-24(34)33-26(21-12-7-4-8-13-21)23-15-9-14-22(25(23)30-33)16-20-10-5-3-6-11-20/h3-8,10-13,16,19,23,26H,9,14-15,17-18H2,1-2H3/b22-16+/t23-,26-/m1/s1. The Morgan fingerprint density at radius 1 is 0.973 bits per heavy atom. The van der Waals surface area contributed by atoms with E-state index in [9.17, 15) is 19.2 Å². The SMILES string of the molecule is CC(C)CN1C(=O)C(=O)N(CC(=O)N2N=C3/C(=C/c4ccccc4)CCC[C@H]3[C@H]2c2ccccc2)C1=O. The third kappa shape index (κ3) is 4.71. The number of amides is 5. The van der Waals surface area contributed by atoms with Gasteiger partial charge in [0.15, 0.2) is 0 Å². The van der Waals surface area contributed by atoms with E-state index in [-0.39, 0.29) is 24.4 Å². The van der Waals surface area contributed by atoms with Gasteiger partial charge in [-0.2, -0.15) is 5.10 Å². The van der Waals surface area contributed by atoms with Crippen molar-refractivity contribution >= 4 is 35.5 Å². The minimum atomic E-state index is -0.968. The van der Waals surface area contributed by atoms with Gasteiger partial charge in [0.05, 0.1) is 11.8 Å². The minimum Gasteiger partial charge on any atom is -0.271 e. The quantitative estimate of drug-likeness (QED) is 0.440. The third-order valence-corrected chi connectivity index (χ3v) is 7.01. The number of nitrogens with zero attached hydrogens (tertiary/aromatic N) is 4. The summed E-state index contributed by atoms with van der Waals surface area (Å²) < 4.78 is 0. The first-order valence-corrected chi connectivity index (χ1v) is 12.7. The molecule has 8 nitrogen and oxygen atoms in total. The van der Waals surface area contributed by atoms with Gasteiger partial charge in [-0.1, -0.05) is 74.5 Å². The van der Waals surface area contributed by atoms with Crippen molar-refractivity contribution in [2.45, 2.75) is 39.2 Å². The van der Waals surface area contributed by atoms with Crippen LogP contribution in [-0.2, 0) is 14.4 Å². The number of hydrogen-bond acceptors (Lipinski definition) is 5. The highest BCUT2D eigenvalue weighted by atomic mass is 16.2. The van der Waals surface area contributed by atoms with Crippen LogP contribution in [0.1, 0.15) is 50.3 Å². The molecular weight excluding hydrogens is 468 g/mol. The first-order valence-electron chi connectivity index (χ1n) is 12.7. The fourth-order valence-electron chi connectivity index (χ4n) is 5.36. The maximum atomic E-state index is 13.6. The molecule has 0 spiro atoms. The van der Waals surface area contributed by atoms with Crippen LogP contribution in [0.25, 0.3) is 6.08 Å². The van der Waals surface area contributed by atoms with E-state index < -0.39 is 30.3 Å². The molecule has 1 saturated heterocycles. The van der Waals surface area contributed by atoms with Gasteiger partial charge in [0.1, 0.15) is 6.54 Å². The summed E-state index contributed by atoms with van der Waals surface area (Å²) in [6.07, 6.45) is 4.82. The van der Waals surface area contributed by atoms with Crippen molar-refractivity contribution in [3.8, 4) is 0 Å².